The topological polar surface area (TPSA) is 78.5 Å². The van der Waals surface area contributed by atoms with Gasteiger partial charge in [-0.3, -0.25) is 14.5 Å². The Kier molecular flexibility index (Phi) is 4.65. The molecule has 0 saturated carbocycles. The highest BCUT2D eigenvalue weighted by atomic mass is 35.5. The predicted molar refractivity (Wildman–Crippen MR) is 94.1 cm³/mol. The Bertz CT molecular complexity index is 891. The molecule has 4 amide bonds. The molecule has 0 spiro atoms. The van der Waals surface area contributed by atoms with Gasteiger partial charge in [0.25, 0.3) is 5.91 Å². The predicted octanol–water partition coefficient (Wildman–Crippen LogP) is 2.88. The normalized spacial score (nSPS) is 19.4. The molecule has 2 aromatic rings. The summed E-state index contributed by atoms with van der Waals surface area (Å²) in [5, 5.41) is 5.10. The molecule has 0 radical (unpaired) electrons. The van der Waals surface area contributed by atoms with E-state index in [0.29, 0.717) is 5.56 Å². The van der Waals surface area contributed by atoms with E-state index in [1.165, 1.54) is 6.07 Å². The fourth-order valence-corrected chi connectivity index (χ4v) is 2.95. The van der Waals surface area contributed by atoms with Crippen LogP contribution in [0.15, 0.2) is 48.5 Å². The average molecular weight is 376 g/mol. The van der Waals surface area contributed by atoms with Crippen LogP contribution in [0.1, 0.15) is 12.5 Å². The van der Waals surface area contributed by atoms with Gasteiger partial charge in [0, 0.05) is 0 Å². The first-order valence-corrected chi connectivity index (χ1v) is 8.13. The van der Waals surface area contributed by atoms with Gasteiger partial charge >= 0.3 is 6.03 Å². The van der Waals surface area contributed by atoms with Crippen LogP contribution in [0.3, 0.4) is 0 Å². The number of halogens is 2. The maximum atomic E-state index is 13.1. The smallest absolute Gasteiger partial charge is 0.323 e. The lowest BCUT2D eigenvalue weighted by Gasteiger charge is -2.22. The molecule has 0 unspecified atom stereocenters. The summed E-state index contributed by atoms with van der Waals surface area (Å²) in [6, 6.07) is 11.6. The Morgan fingerprint density at radius 3 is 2.58 bits per heavy atom. The number of carbonyl (C=O) groups is 3. The maximum absolute atomic E-state index is 13.1. The third-order valence-corrected chi connectivity index (χ3v) is 4.45. The van der Waals surface area contributed by atoms with E-state index in [1.807, 2.05) is 0 Å². The van der Waals surface area contributed by atoms with E-state index in [9.17, 15) is 18.8 Å². The molecule has 0 aliphatic carbocycles. The molecule has 1 heterocycles. The van der Waals surface area contributed by atoms with Crippen LogP contribution in [-0.4, -0.2) is 29.3 Å². The molecule has 1 aliphatic rings. The Morgan fingerprint density at radius 1 is 1.23 bits per heavy atom. The number of benzene rings is 2. The summed E-state index contributed by atoms with van der Waals surface area (Å²) in [6.45, 7) is 1.10. The van der Waals surface area contributed by atoms with Gasteiger partial charge in [-0.15, -0.1) is 0 Å². The zero-order chi connectivity index (χ0) is 18.9. The summed E-state index contributed by atoms with van der Waals surface area (Å²) in [6.07, 6.45) is 0. The summed E-state index contributed by atoms with van der Waals surface area (Å²) in [5.74, 6) is -1.70. The SMILES string of the molecule is C[C@@]1(c2ccccc2)NC(=O)N(CC(=O)Nc2ccc(F)cc2Cl)C1=O. The van der Waals surface area contributed by atoms with Gasteiger partial charge in [0.2, 0.25) is 5.91 Å². The van der Waals surface area contributed by atoms with Crippen molar-refractivity contribution in [2.45, 2.75) is 12.5 Å². The number of rotatable bonds is 4. The molecule has 0 bridgehead atoms. The lowest BCUT2D eigenvalue weighted by molar-refractivity contribution is -0.133. The van der Waals surface area contributed by atoms with Crippen molar-refractivity contribution in [1.82, 2.24) is 10.2 Å². The standard InChI is InChI=1S/C18H15ClFN3O3/c1-18(11-5-3-2-4-6-11)16(25)23(17(26)22-18)10-15(24)21-14-8-7-12(20)9-13(14)19/h2-9H,10H2,1H3,(H,21,24)(H,22,26)/t18-/m0/s1. The minimum atomic E-state index is -1.24. The number of nitrogens with zero attached hydrogens (tertiary/aromatic N) is 1. The highest BCUT2D eigenvalue weighted by Crippen LogP contribution is 2.28. The molecule has 1 fully saturated rings. The zero-order valence-electron chi connectivity index (χ0n) is 13.8. The number of amides is 4. The molecule has 8 heteroatoms. The van der Waals surface area contributed by atoms with Gasteiger partial charge in [0.1, 0.15) is 17.9 Å². The molecule has 3 rings (SSSR count). The monoisotopic (exact) mass is 375 g/mol. The first-order chi connectivity index (χ1) is 12.3. The third-order valence-electron chi connectivity index (χ3n) is 4.13. The van der Waals surface area contributed by atoms with Crippen molar-refractivity contribution in [2.75, 3.05) is 11.9 Å². The van der Waals surface area contributed by atoms with Gasteiger partial charge in [-0.1, -0.05) is 41.9 Å². The van der Waals surface area contributed by atoms with Crippen molar-refractivity contribution in [3.63, 3.8) is 0 Å². The van der Waals surface area contributed by atoms with Crippen LogP contribution in [0.4, 0.5) is 14.9 Å². The Hall–Kier alpha value is -2.93. The lowest BCUT2D eigenvalue weighted by Crippen LogP contribution is -2.42. The average Bonchev–Trinajstić information content (AvgIpc) is 2.82. The quantitative estimate of drug-likeness (QED) is 0.806. The van der Waals surface area contributed by atoms with E-state index in [0.717, 1.165) is 17.0 Å². The largest absolute Gasteiger partial charge is 0.325 e. The maximum Gasteiger partial charge on any atom is 0.325 e. The van der Waals surface area contributed by atoms with Crippen LogP contribution in [0.5, 0.6) is 0 Å². The van der Waals surface area contributed by atoms with Crippen molar-refractivity contribution >= 4 is 35.1 Å². The molecule has 26 heavy (non-hydrogen) atoms. The van der Waals surface area contributed by atoms with Crippen LogP contribution in [0.25, 0.3) is 0 Å². The number of nitrogens with one attached hydrogen (secondary N) is 2. The Morgan fingerprint density at radius 2 is 1.92 bits per heavy atom. The second kappa shape index (κ2) is 6.76. The van der Waals surface area contributed by atoms with Crippen molar-refractivity contribution in [3.8, 4) is 0 Å². The molecule has 1 saturated heterocycles. The molecular weight excluding hydrogens is 361 g/mol. The second-order valence-electron chi connectivity index (χ2n) is 5.98. The Labute approximate surface area is 153 Å². The first kappa shape index (κ1) is 17.9. The van der Waals surface area contributed by atoms with Crippen molar-refractivity contribution in [2.24, 2.45) is 0 Å². The summed E-state index contributed by atoms with van der Waals surface area (Å²) in [4.78, 5) is 38.0. The van der Waals surface area contributed by atoms with Crippen LogP contribution in [-0.2, 0) is 15.1 Å². The summed E-state index contributed by atoms with van der Waals surface area (Å²) >= 11 is 5.86. The van der Waals surface area contributed by atoms with E-state index in [-0.39, 0.29) is 10.7 Å². The van der Waals surface area contributed by atoms with Crippen LogP contribution in [0.2, 0.25) is 5.02 Å². The van der Waals surface area contributed by atoms with Crippen LogP contribution in [0, 0.1) is 5.82 Å². The summed E-state index contributed by atoms with van der Waals surface area (Å²) in [5.41, 5.74) is -0.439. The summed E-state index contributed by atoms with van der Waals surface area (Å²) in [7, 11) is 0. The van der Waals surface area contributed by atoms with Crippen molar-refractivity contribution in [1.29, 1.82) is 0 Å². The van der Waals surface area contributed by atoms with E-state index < -0.39 is 35.7 Å². The van der Waals surface area contributed by atoms with Gasteiger partial charge in [-0.25, -0.2) is 9.18 Å². The highest BCUT2D eigenvalue weighted by Gasteiger charge is 2.49. The highest BCUT2D eigenvalue weighted by molar-refractivity contribution is 6.33. The molecule has 2 N–H and O–H groups in total. The molecule has 0 aromatic heterocycles. The van der Waals surface area contributed by atoms with E-state index in [2.05, 4.69) is 10.6 Å². The van der Waals surface area contributed by atoms with Gasteiger partial charge in [-0.05, 0) is 30.7 Å². The summed E-state index contributed by atoms with van der Waals surface area (Å²) < 4.78 is 13.1. The number of imide groups is 1. The fourth-order valence-electron chi connectivity index (χ4n) is 2.73. The zero-order valence-corrected chi connectivity index (χ0v) is 14.5. The molecule has 1 atom stereocenters. The first-order valence-electron chi connectivity index (χ1n) is 7.76. The van der Waals surface area contributed by atoms with Crippen molar-refractivity contribution in [3.05, 3.63) is 64.9 Å². The minimum absolute atomic E-state index is 0.0182. The third kappa shape index (κ3) is 3.25. The van der Waals surface area contributed by atoms with Gasteiger partial charge in [-0.2, -0.15) is 0 Å². The van der Waals surface area contributed by atoms with Crippen LogP contribution < -0.4 is 10.6 Å². The van der Waals surface area contributed by atoms with E-state index >= 15 is 0 Å². The van der Waals surface area contributed by atoms with E-state index in [1.54, 1.807) is 37.3 Å². The number of hydrogen-bond acceptors (Lipinski definition) is 3. The number of carbonyl (C=O) groups excluding carboxylic acids is 3. The second-order valence-corrected chi connectivity index (χ2v) is 6.39. The molecule has 1 aliphatic heterocycles. The van der Waals surface area contributed by atoms with E-state index in [4.69, 9.17) is 11.6 Å². The molecule has 2 aromatic carbocycles. The molecule has 134 valence electrons. The fraction of sp³-hybridized carbons (Fsp3) is 0.167. The lowest BCUT2D eigenvalue weighted by atomic mass is 9.92. The number of hydrogen-bond donors (Lipinski definition) is 2. The van der Waals surface area contributed by atoms with Gasteiger partial charge in [0.15, 0.2) is 0 Å². The molecular formula is C18H15ClFN3O3. The Balaban J connectivity index is 1.74. The van der Waals surface area contributed by atoms with Crippen LogP contribution >= 0.6 is 11.6 Å². The molecule has 6 nitrogen and oxygen atoms in total. The van der Waals surface area contributed by atoms with Gasteiger partial charge < -0.3 is 10.6 Å². The number of anilines is 1. The van der Waals surface area contributed by atoms with Crippen molar-refractivity contribution < 1.29 is 18.8 Å². The minimum Gasteiger partial charge on any atom is -0.323 e. The number of urea groups is 1. The van der Waals surface area contributed by atoms with Gasteiger partial charge in [0.05, 0.1) is 10.7 Å².